The van der Waals surface area contributed by atoms with Gasteiger partial charge in [-0.15, -0.1) is 0 Å². The molecule has 1 spiro atoms. The van der Waals surface area contributed by atoms with Gasteiger partial charge >= 0.3 is 0 Å². The molecule has 0 aliphatic heterocycles. The van der Waals surface area contributed by atoms with Crippen LogP contribution in [0.2, 0.25) is 0 Å². The standard InChI is InChI=1S/C12H15BrO/c13-11-9-7-8-1-4-12(9,5-2-8)6-3-10(11)14/h1,4,8-9,11H,2-3,5-7H2. The van der Waals surface area contributed by atoms with Crippen molar-refractivity contribution >= 4 is 21.7 Å². The van der Waals surface area contributed by atoms with E-state index in [4.69, 9.17) is 0 Å². The SMILES string of the molecule is O=C1CCC23C=CC(CC2)CC3C1Br. The Labute approximate surface area is 93.1 Å². The van der Waals surface area contributed by atoms with Crippen LogP contribution in [0.1, 0.15) is 32.1 Å². The predicted molar refractivity (Wildman–Crippen MR) is 59.4 cm³/mol. The van der Waals surface area contributed by atoms with Gasteiger partial charge < -0.3 is 0 Å². The van der Waals surface area contributed by atoms with E-state index in [0.717, 1.165) is 18.8 Å². The maximum atomic E-state index is 11.7. The largest absolute Gasteiger partial charge is 0.298 e. The molecule has 4 atom stereocenters. The topological polar surface area (TPSA) is 17.1 Å². The van der Waals surface area contributed by atoms with Gasteiger partial charge in [0.15, 0.2) is 0 Å². The molecule has 0 heterocycles. The van der Waals surface area contributed by atoms with Crippen molar-refractivity contribution in [1.29, 1.82) is 0 Å². The van der Waals surface area contributed by atoms with Gasteiger partial charge in [0, 0.05) is 6.42 Å². The van der Waals surface area contributed by atoms with Crippen molar-refractivity contribution < 1.29 is 4.79 Å². The first kappa shape index (κ1) is 9.14. The third-order valence-corrected chi connectivity index (χ3v) is 5.62. The lowest BCUT2D eigenvalue weighted by molar-refractivity contribution is -0.124. The molecule has 14 heavy (non-hydrogen) atoms. The Morgan fingerprint density at radius 1 is 1.43 bits per heavy atom. The number of fused-ring (bicyclic) bond motifs is 1. The van der Waals surface area contributed by atoms with Crippen LogP contribution in [0, 0.1) is 17.3 Å². The number of alkyl halides is 1. The molecule has 0 aromatic heterocycles. The second-order valence-corrected chi connectivity index (χ2v) is 6.09. The zero-order valence-corrected chi connectivity index (χ0v) is 9.79. The smallest absolute Gasteiger partial charge is 0.146 e. The Hall–Kier alpha value is -0.110. The number of ketones is 1. The molecule has 2 saturated carbocycles. The highest BCUT2D eigenvalue weighted by atomic mass is 79.9. The van der Waals surface area contributed by atoms with Crippen molar-refractivity contribution in [1.82, 2.24) is 0 Å². The molecular formula is C12H15BrO. The lowest BCUT2D eigenvalue weighted by Gasteiger charge is -2.52. The average molecular weight is 255 g/mol. The molecule has 2 fully saturated rings. The van der Waals surface area contributed by atoms with E-state index in [1.807, 2.05) is 0 Å². The number of Topliss-reactive ketones (excluding diaryl/α,β-unsaturated/α-hetero) is 1. The third-order valence-electron chi connectivity index (χ3n) is 4.47. The Bertz CT molecular complexity index is 309. The normalized spacial score (nSPS) is 50.6. The zero-order valence-electron chi connectivity index (χ0n) is 8.21. The highest BCUT2D eigenvalue weighted by Gasteiger charge is 2.51. The molecule has 0 N–H and O–H groups in total. The van der Waals surface area contributed by atoms with E-state index in [9.17, 15) is 4.79 Å². The summed E-state index contributed by atoms with van der Waals surface area (Å²) in [6, 6.07) is 0. The number of carbonyl (C=O) groups excluding carboxylic acids is 1. The van der Waals surface area contributed by atoms with Gasteiger partial charge in [0.2, 0.25) is 0 Å². The minimum absolute atomic E-state index is 0.143. The number of allylic oxidation sites excluding steroid dienone is 2. The molecule has 76 valence electrons. The molecule has 0 saturated heterocycles. The molecule has 2 bridgehead atoms. The fraction of sp³-hybridized carbons (Fsp3) is 0.750. The van der Waals surface area contributed by atoms with Crippen molar-refractivity contribution in [2.45, 2.75) is 36.9 Å². The van der Waals surface area contributed by atoms with Crippen LogP contribution < -0.4 is 0 Å². The van der Waals surface area contributed by atoms with Crippen molar-refractivity contribution in [3.8, 4) is 0 Å². The minimum Gasteiger partial charge on any atom is -0.298 e. The van der Waals surface area contributed by atoms with Gasteiger partial charge in [-0.05, 0) is 42.9 Å². The number of hydrogen-bond donors (Lipinski definition) is 0. The van der Waals surface area contributed by atoms with Crippen LogP contribution >= 0.6 is 15.9 Å². The van der Waals surface area contributed by atoms with Crippen LogP contribution in [0.4, 0.5) is 0 Å². The van der Waals surface area contributed by atoms with Crippen LogP contribution in [0.25, 0.3) is 0 Å². The van der Waals surface area contributed by atoms with E-state index in [-0.39, 0.29) is 4.83 Å². The highest BCUT2D eigenvalue weighted by Crippen LogP contribution is 2.57. The second kappa shape index (κ2) is 2.94. The molecular weight excluding hydrogens is 240 g/mol. The van der Waals surface area contributed by atoms with Crippen LogP contribution in [0.3, 0.4) is 0 Å². The molecule has 2 heteroatoms. The summed E-state index contributed by atoms with van der Waals surface area (Å²) in [6.07, 6.45) is 10.6. The first-order valence-electron chi connectivity index (χ1n) is 5.57. The van der Waals surface area contributed by atoms with Crippen molar-refractivity contribution in [3.05, 3.63) is 12.2 Å². The molecule has 0 aromatic rings. The molecule has 0 amide bonds. The van der Waals surface area contributed by atoms with Gasteiger partial charge in [0.1, 0.15) is 5.78 Å². The fourth-order valence-electron chi connectivity index (χ4n) is 3.55. The Morgan fingerprint density at radius 3 is 3.00 bits per heavy atom. The Balaban J connectivity index is 1.99. The number of hydrogen-bond acceptors (Lipinski definition) is 1. The third kappa shape index (κ3) is 1.09. The molecule has 4 aliphatic carbocycles. The zero-order chi connectivity index (χ0) is 9.76. The van der Waals surface area contributed by atoms with Gasteiger partial charge in [-0.3, -0.25) is 4.79 Å². The molecule has 0 aromatic carbocycles. The summed E-state index contributed by atoms with van der Waals surface area (Å²) in [6.45, 7) is 0. The van der Waals surface area contributed by atoms with Crippen molar-refractivity contribution in [2.75, 3.05) is 0 Å². The molecule has 4 rings (SSSR count). The van der Waals surface area contributed by atoms with E-state index >= 15 is 0 Å². The maximum Gasteiger partial charge on any atom is 0.146 e. The van der Waals surface area contributed by atoms with E-state index in [2.05, 4.69) is 28.1 Å². The van der Waals surface area contributed by atoms with E-state index in [1.165, 1.54) is 19.3 Å². The molecule has 4 aliphatic rings. The first-order chi connectivity index (χ1) is 6.71. The van der Waals surface area contributed by atoms with E-state index < -0.39 is 0 Å². The Kier molecular flexibility index (Phi) is 1.92. The average Bonchev–Trinajstić information content (AvgIpc) is 2.25. The lowest BCUT2D eigenvalue weighted by Crippen LogP contribution is -2.48. The maximum absolute atomic E-state index is 11.7. The first-order valence-corrected chi connectivity index (χ1v) is 6.49. The summed E-state index contributed by atoms with van der Waals surface area (Å²) in [7, 11) is 0. The highest BCUT2D eigenvalue weighted by molar-refractivity contribution is 9.10. The molecule has 0 radical (unpaired) electrons. The van der Waals surface area contributed by atoms with Crippen molar-refractivity contribution in [3.63, 3.8) is 0 Å². The minimum atomic E-state index is 0.143. The van der Waals surface area contributed by atoms with Crippen LogP contribution in [-0.2, 0) is 4.79 Å². The summed E-state index contributed by atoms with van der Waals surface area (Å²) in [5.74, 6) is 1.78. The summed E-state index contributed by atoms with van der Waals surface area (Å²) in [5.41, 5.74) is 0.386. The predicted octanol–water partition coefficient (Wildman–Crippen LogP) is 3.09. The van der Waals surface area contributed by atoms with Crippen LogP contribution in [0.15, 0.2) is 12.2 Å². The lowest BCUT2D eigenvalue weighted by atomic mass is 9.54. The molecule has 1 nitrogen and oxygen atoms in total. The number of halogens is 1. The summed E-state index contributed by atoms with van der Waals surface area (Å²) in [5, 5.41) is 0. The van der Waals surface area contributed by atoms with Gasteiger partial charge in [-0.25, -0.2) is 0 Å². The quantitative estimate of drug-likeness (QED) is 0.480. The summed E-state index contributed by atoms with van der Waals surface area (Å²) in [4.78, 5) is 11.8. The van der Waals surface area contributed by atoms with Gasteiger partial charge in [-0.2, -0.15) is 0 Å². The monoisotopic (exact) mass is 254 g/mol. The van der Waals surface area contributed by atoms with Crippen LogP contribution in [0.5, 0.6) is 0 Å². The summed E-state index contributed by atoms with van der Waals surface area (Å²) >= 11 is 3.61. The van der Waals surface area contributed by atoms with E-state index in [0.29, 0.717) is 17.1 Å². The van der Waals surface area contributed by atoms with Gasteiger partial charge in [-0.1, -0.05) is 28.1 Å². The molecule has 4 unspecified atom stereocenters. The fourth-order valence-corrected chi connectivity index (χ4v) is 4.52. The van der Waals surface area contributed by atoms with Crippen LogP contribution in [-0.4, -0.2) is 10.6 Å². The second-order valence-electron chi connectivity index (χ2n) is 5.10. The van der Waals surface area contributed by atoms with Gasteiger partial charge in [0.25, 0.3) is 0 Å². The number of rotatable bonds is 0. The van der Waals surface area contributed by atoms with Gasteiger partial charge in [0.05, 0.1) is 4.83 Å². The summed E-state index contributed by atoms with van der Waals surface area (Å²) < 4.78 is 0. The Morgan fingerprint density at radius 2 is 2.29 bits per heavy atom. The number of carbonyl (C=O) groups is 1. The van der Waals surface area contributed by atoms with Crippen molar-refractivity contribution in [2.24, 2.45) is 17.3 Å². The van der Waals surface area contributed by atoms with E-state index in [1.54, 1.807) is 0 Å².